The van der Waals surface area contributed by atoms with Crippen LogP contribution in [0.25, 0.3) is 0 Å². The summed E-state index contributed by atoms with van der Waals surface area (Å²) in [6.45, 7) is 5.63. The molecule has 0 bridgehead atoms. The molecule has 3 rings (SSSR count). The van der Waals surface area contributed by atoms with Crippen molar-refractivity contribution in [2.75, 3.05) is 26.2 Å². The lowest BCUT2D eigenvalue weighted by Crippen LogP contribution is -2.52. The van der Waals surface area contributed by atoms with Crippen LogP contribution in [0, 0.1) is 0 Å². The normalized spacial score (nSPS) is 24.2. The Morgan fingerprint density at radius 1 is 1.46 bits per heavy atom. The van der Waals surface area contributed by atoms with Crippen LogP contribution >= 0.6 is 0 Å². The second kappa shape index (κ2) is 6.70. The molecule has 24 heavy (non-hydrogen) atoms. The second-order valence-electron chi connectivity index (χ2n) is 6.00. The lowest BCUT2D eigenvalue weighted by atomic mass is 10.1. The molecule has 0 aromatic heterocycles. The summed E-state index contributed by atoms with van der Waals surface area (Å²) in [7, 11) is -3.56. The molecular formula is C16H22N2O5S. The Labute approximate surface area is 142 Å². The van der Waals surface area contributed by atoms with Gasteiger partial charge in [-0.2, -0.15) is 4.31 Å². The molecule has 132 valence electrons. The quantitative estimate of drug-likeness (QED) is 0.794. The Morgan fingerprint density at radius 2 is 2.25 bits per heavy atom. The maximum absolute atomic E-state index is 12.9. The van der Waals surface area contributed by atoms with Gasteiger partial charge in [-0.3, -0.25) is 0 Å². The third kappa shape index (κ3) is 3.13. The van der Waals surface area contributed by atoms with Crippen LogP contribution in [0.3, 0.4) is 0 Å². The van der Waals surface area contributed by atoms with E-state index < -0.39 is 22.1 Å². The fourth-order valence-electron chi connectivity index (χ4n) is 3.07. The first-order valence-electron chi connectivity index (χ1n) is 8.12. The van der Waals surface area contributed by atoms with Crippen LogP contribution in [0.2, 0.25) is 0 Å². The summed E-state index contributed by atoms with van der Waals surface area (Å²) in [6, 6.07) is 4.67. The third-order valence-corrected chi connectivity index (χ3v) is 6.31. The van der Waals surface area contributed by atoms with E-state index in [9.17, 15) is 13.2 Å². The van der Waals surface area contributed by atoms with Gasteiger partial charge < -0.3 is 14.8 Å². The highest BCUT2D eigenvalue weighted by atomic mass is 32.2. The topological polar surface area (TPSA) is 84.9 Å². The van der Waals surface area contributed by atoms with Crippen LogP contribution in [0.4, 0.5) is 0 Å². The van der Waals surface area contributed by atoms with Crippen molar-refractivity contribution in [2.45, 2.75) is 37.3 Å². The third-order valence-electron chi connectivity index (χ3n) is 4.30. The van der Waals surface area contributed by atoms with Gasteiger partial charge >= 0.3 is 5.97 Å². The number of nitrogens with one attached hydrogen (secondary N) is 1. The van der Waals surface area contributed by atoms with Crippen molar-refractivity contribution in [1.29, 1.82) is 0 Å². The van der Waals surface area contributed by atoms with Gasteiger partial charge in [-0.05, 0) is 37.6 Å². The van der Waals surface area contributed by atoms with Gasteiger partial charge in [-0.15, -0.1) is 0 Å². The SMILES string of the molecule is CCOC(=O)C1Cc2cc(S(=O)(=O)N3CCNCC3C)ccc2O1. The highest BCUT2D eigenvalue weighted by Gasteiger charge is 2.34. The summed E-state index contributed by atoms with van der Waals surface area (Å²) in [5, 5.41) is 3.18. The van der Waals surface area contributed by atoms with E-state index in [1.165, 1.54) is 10.4 Å². The van der Waals surface area contributed by atoms with E-state index in [2.05, 4.69) is 5.32 Å². The summed E-state index contributed by atoms with van der Waals surface area (Å²) in [4.78, 5) is 12.0. The Kier molecular flexibility index (Phi) is 4.80. The van der Waals surface area contributed by atoms with Crippen molar-refractivity contribution in [3.8, 4) is 5.75 Å². The van der Waals surface area contributed by atoms with E-state index in [-0.39, 0.29) is 17.5 Å². The molecule has 2 aliphatic heterocycles. The zero-order valence-electron chi connectivity index (χ0n) is 13.8. The van der Waals surface area contributed by atoms with Gasteiger partial charge in [0.25, 0.3) is 0 Å². The average Bonchev–Trinajstić information content (AvgIpc) is 2.98. The van der Waals surface area contributed by atoms with Gasteiger partial charge in [0.2, 0.25) is 10.0 Å². The van der Waals surface area contributed by atoms with Crippen LogP contribution in [0.1, 0.15) is 19.4 Å². The van der Waals surface area contributed by atoms with Crippen LogP contribution in [-0.2, 0) is 26.0 Å². The highest BCUT2D eigenvalue weighted by molar-refractivity contribution is 7.89. The Bertz CT molecular complexity index is 734. The summed E-state index contributed by atoms with van der Waals surface area (Å²) in [5.74, 6) is 0.120. The van der Waals surface area contributed by atoms with Gasteiger partial charge in [-0.25, -0.2) is 13.2 Å². The number of carbonyl (C=O) groups is 1. The molecule has 0 spiro atoms. The molecule has 0 amide bonds. The minimum atomic E-state index is -3.56. The number of ether oxygens (including phenoxy) is 2. The number of nitrogens with zero attached hydrogens (tertiary/aromatic N) is 1. The molecule has 1 aromatic rings. The predicted molar refractivity (Wildman–Crippen MR) is 87.4 cm³/mol. The molecule has 2 unspecified atom stereocenters. The minimum Gasteiger partial charge on any atom is -0.478 e. The molecule has 0 aliphatic carbocycles. The lowest BCUT2D eigenvalue weighted by Gasteiger charge is -2.32. The monoisotopic (exact) mass is 354 g/mol. The number of carbonyl (C=O) groups excluding carboxylic acids is 1. The number of esters is 1. The van der Waals surface area contributed by atoms with E-state index in [1.54, 1.807) is 19.1 Å². The first-order chi connectivity index (χ1) is 11.4. The molecule has 1 fully saturated rings. The van der Waals surface area contributed by atoms with Crippen molar-refractivity contribution in [1.82, 2.24) is 9.62 Å². The zero-order valence-corrected chi connectivity index (χ0v) is 14.6. The molecule has 1 saturated heterocycles. The van der Waals surface area contributed by atoms with Gasteiger partial charge in [0, 0.05) is 32.1 Å². The van der Waals surface area contributed by atoms with Crippen LogP contribution in [-0.4, -0.2) is 57.1 Å². The highest BCUT2D eigenvalue weighted by Crippen LogP contribution is 2.32. The predicted octanol–water partition coefficient (Wildman–Crippen LogP) is 0.536. The molecule has 1 aromatic carbocycles. The van der Waals surface area contributed by atoms with E-state index >= 15 is 0 Å². The van der Waals surface area contributed by atoms with E-state index in [0.717, 1.165) is 5.56 Å². The van der Waals surface area contributed by atoms with Gasteiger partial charge in [0.05, 0.1) is 11.5 Å². The molecule has 2 aliphatic rings. The molecule has 1 N–H and O–H groups in total. The summed E-state index contributed by atoms with van der Waals surface area (Å²) < 4.78 is 37.8. The summed E-state index contributed by atoms with van der Waals surface area (Å²) in [6.07, 6.45) is -0.370. The van der Waals surface area contributed by atoms with E-state index in [1.807, 2.05) is 6.92 Å². The largest absolute Gasteiger partial charge is 0.478 e. The summed E-state index contributed by atoms with van der Waals surface area (Å²) in [5.41, 5.74) is 0.719. The van der Waals surface area contributed by atoms with Crippen LogP contribution < -0.4 is 10.1 Å². The minimum absolute atomic E-state index is 0.0967. The molecule has 0 saturated carbocycles. The number of hydrogen-bond donors (Lipinski definition) is 1. The van der Waals surface area contributed by atoms with Crippen molar-refractivity contribution in [3.63, 3.8) is 0 Å². The fourth-order valence-corrected chi connectivity index (χ4v) is 4.75. The first-order valence-corrected chi connectivity index (χ1v) is 9.56. The standard InChI is InChI=1S/C16H22N2O5S/c1-3-22-16(19)15-9-12-8-13(4-5-14(12)23-15)24(20,21)18-7-6-17-10-11(18)2/h4-5,8,11,15,17H,3,6-7,9-10H2,1-2H3. The first kappa shape index (κ1) is 17.2. The van der Waals surface area contributed by atoms with Crippen molar-refractivity contribution in [3.05, 3.63) is 23.8 Å². The van der Waals surface area contributed by atoms with E-state index in [4.69, 9.17) is 9.47 Å². The fraction of sp³-hybridized carbons (Fsp3) is 0.562. The lowest BCUT2D eigenvalue weighted by molar-refractivity contribution is -0.150. The smallest absolute Gasteiger partial charge is 0.347 e. The van der Waals surface area contributed by atoms with Crippen LogP contribution in [0.15, 0.2) is 23.1 Å². The average molecular weight is 354 g/mol. The van der Waals surface area contributed by atoms with Gasteiger partial charge in [0.15, 0.2) is 6.10 Å². The van der Waals surface area contributed by atoms with Gasteiger partial charge in [0.1, 0.15) is 5.75 Å². The Morgan fingerprint density at radius 3 is 2.96 bits per heavy atom. The maximum Gasteiger partial charge on any atom is 0.347 e. The molecule has 0 radical (unpaired) electrons. The molecular weight excluding hydrogens is 332 g/mol. The Hall–Kier alpha value is -1.64. The van der Waals surface area contributed by atoms with Crippen LogP contribution in [0.5, 0.6) is 5.75 Å². The number of fused-ring (bicyclic) bond motifs is 1. The molecule has 7 nitrogen and oxygen atoms in total. The van der Waals surface area contributed by atoms with Crippen molar-refractivity contribution in [2.24, 2.45) is 0 Å². The number of hydrogen-bond acceptors (Lipinski definition) is 6. The number of piperazine rings is 1. The number of rotatable bonds is 4. The zero-order chi connectivity index (χ0) is 17.3. The summed E-state index contributed by atoms with van der Waals surface area (Å²) >= 11 is 0. The van der Waals surface area contributed by atoms with E-state index in [0.29, 0.717) is 31.8 Å². The second-order valence-corrected chi connectivity index (χ2v) is 7.89. The number of sulfonamides is 1. The molecule has 2 atom stereocenters. The molecule has 8 heteroatoms. The van der Waals surface area contributed by atoms with Crippen molar-refractivity contribution < 1.29 is 22.7 Å². The number of benzene rings is 1. The molecule has 2 heterocycles. The Balaban J connectivity index is 1.83. The van der Waals surface area contributed by atoms with Gasteiger partial charge in [-0.1, -0.05) is 0 Å². The maximum atomic E-state index is 12.9. The van der Waals surface area contributed by atoms with Crippen molar-refractivity contribution >= 4 is 16.0 Å².